The number of aliphatic hydroxyl groups is 2. The van der Waals surface area contributed by atoms with Crippen LogP contribution in [-0.4, -0.2) is 82.9 Å². The molecule has 0 saturated carbocycles. The molecular formula is C31H47N3O6. The summed E-state index contributed by atoms with van der Waals surface area (Å²) in [6.45, 7) is 11.0. The maximum absolute atomic E-state index is 12.5. The summed E-state index contributed by atoms with van der Waals surface area (Å²) in [7, 11) is 1.77. The number of carbonyl (C=O) groups is 2. The second-order valence-corrected chi connectivity index (χ2v) is 12.2. The van der Waals surface area contributed by atoms with Crippen LogP contribution in [-0.2, 0) is 22.3 Å². The zero-order valence-corrected chi connectivity index (χ0v) is 24.9. The Kier molecular flexibility index (Phi) is 12.4. The summed E-state index contributed by atoms with van der Waals surface area (Å²) >= 11 is 0. The Labute approximate surface area is 238 Å². The molecule has 9 nitrogen and oxygen atoms in total. The standard InChI is InChI=1S/C31H47N3O6/c1-30(2,3)39-28(37)32-24(18-22-14-10-8-11-15-22)26(35)20-34(7)21-27(36)25(19-23-16-12-9-13-17-23)33-29(38)40-31(4,5)6/h8-17,24-27,35-36H,18-21H2,1-7H3,(H,32,37)(H,33,38)/t24-,25-,26-,27?/m0/s1. The molecular weight excluding hydrogens is 510 g/mol. The normalized spacial score (nSPS) is 15.1. The van der Waals surface area contributed by atoms with Gasteiger partial charge in [0.2, 0.25) is 0 Å². The Bertz CT molecular complexity index is 953. The number of ether oxygens (including phenoxy) is 2. The van der Waals surface area contributed by atoms with E-state index < -0.39 is 47.7 Å². The molecule has 222 valence electrons. The van der Waals surface area contributed by atoms with Gasteiger partial charge in [-0.05, 0) is 72.6 Å². The van der Waals surface area contributed by atoms with Gasteiger partial charge in [0.25, 0.3) is 0 Å². The van der Waals surface area contributed by atoms with Crippen molar-refractivity contribution in [2.24, 2.45) is 0 Å². The monoisotopic (exact) mass is 557 g/mol. The Morgan fingerprint density at radius 2 is 1.02 bits per heavy atom. The van der Waals surface area contributed by atoms with Crippen LogP contribution in [0.4, 0.5) is 9.59 Å². The second kappa shape index (κ2) is 15.0. The van der Waals surface area contributed by atoms with Crippen LogP contribution in [0.25, 0.3) is 0 Å². The van der Waals surface area contributed by atoms with E-state index in [1.54, 1.807) is 53.5 Å². The zero-order valence-electron chi connectivity index (χ0n) is 24.9. The molecule has 0 radical (unpaired) electrons. The van der Waals surface area contributed by atoms with Gasteiger partial charge in [-0.3, -0.25) is 0 Å². The lowest BCUT2D eigenvalue weighted by Gasteiger charge is -2.32. The summed E-state index contributed by atoms with van der Waals surface area (Å²) in [5, 5.41) is 27.9. The summed E-state index contributed by atoms with van der Waals surface area (Å²) in [6, 6.07) is 17.9. The fourth-order valence-corrected chi connectivity index (χ4v) is 4.19. The number of nitrogens with one attached hydrogen (secondary N) is 2. The van der Waals surface area contributed by atoms with E-state index in [2.05, 4.69) is 10.6 Å². The molecule has 0 fully saturated rings. The zero-order chi connectivity index (χ0) is 29.9. The number of benzene rings is 2. The summed E-state index contributed by atoms with van der Waals surface area (Å²) in [4.78, 5) is 26.9. The van der Waals surface area contributed by atoms with Crippen LogP contribution >= 0.6 is 0 Å². The highest BCUT2D eigenvalue weighted by atomic mass is 16.6. The Balaban J connectivity index is 2.10. The lowest BCUT2D eigenvalue weighted by Crippen LogP contribution is -2.53. The van der Waals surface area contributed by atoms with Gasteiger partial charge in [-0.1, -0.05) is 60.7 Å². The molecule has 40 heavy (non-hydrogen) atoms. The number of rotatable bonds is 12. The van der Waals surface area contributed by atoms with Crippen LogP contribution in [0.15, 0.2) is 60.7 Å². The molecule has 4 N–H and O–H groups in total. The van der Waals surface area contributed by atoms with Gasteiger partial charge in [0.1, 0.15) is 11.2 Å². The molecule has 0 spiro atoms. The van der Waals surface area contributed by atoms with Gasteiger partial charge in [-0.2, -0.15) is 0 Å². The lowest BCUT2D eigenvalue weighted by molar-refractivity contribution is 0.0262. The SMILES string of the molecule is CN(CC(O)[C@H](Cc1ccccc1)NC(=O)OC(C)(C)C)C[C@H](O)[C@H](Cc1ccccc1)NC(=O)OC(C)(C)C. The maximum atomic E-state index is 12.5. The van der Waals surface area contributed by atoms with Crippen molar-refractivity contribution >= 4 is 12.2 Å². The molecule has 0 saturated heterocycles. The van der Waals surface area contributed by atoms with Gasteiger partial charge in [0, 0.05) is 13.1 Å². The van der Waals surface area contributed by atoms with Crippen LogP contribution < -0.4 is 10.6 Å². The molecule has 0 aliphatic carbocycles. The molecule has 2 aromatic rings. The smallest absolute Gasteiger partial charge is 0.407 e. The average molecular weight is 558 g/mol. The third-order valence-electron chi connectivity index (χ3n) is 5.93. The fraction of sp³-hybridized carbons (Fsp3) is 0.548. The van der Waals surface area contributed by atoms with E-state index in [-0.39, 0.29) is 13.1 Å². The minimum Gasteiger partial charge on any atom is -0.444 e. The largest absolute Gasteiger partial charge is 0.444 e. The van der Waals surface area contributed by atoms with Crippen LogP contribution in [0.1, 0.15) is 52.7 Å². The maximum Gasteiger partial charge on any atom is 0.407 e. The number of aliphatic hydroxyl groups excluding tert-OH is 2. The second-order valence-electron chi connectivity index (χ2n) is 12.2. The van der Waals surface area contributed by atoms with Gasteiger partial charge in [-0.25, -0.2) is 9.59 Å². The van der Waals surface area contributed by atoms with Crippen molar-refractivity contribution in [3.05, 3.63) is 71.8 Å². The highest BCUT2D eigenvalue weighted by Gasteiger charge is 2.29. The third kappa shape index (κ3) is 13.3. The predicted molar refractivity (Wildman–Crippen MR) is 156 cm³/mol. The van der Waals surface area contributed by atoms with E-state index >= 15 is 0 Å². The van der Waals surface area contributed by atoms with Gasteiger partial charge < -0.3 is 35.2 Å². The van der Waals surface area contributed by atoms with E-state index in [9.17, 15) is 19.8 Å². The molecule has 9 heteroatoms. The van der Waals surface area contributed by atoms with Crippen LogP contribution in [0.5, 0.6) is 0 Å². The summed E-state index contributed by atoms with van der Waals surface area (Å²) < 4.78 is 10.8. The number of nitrogens with zero attached hydrogens (tertiary/aromatic N) is 1. The topological polar surface area (TPSA) is 120 Å². The van der Waals surface area contributed by atoms with Crippen molar-refractivity contribution in [2.75, 3.05) is 20.1 Å². The summed E-state index contributed by atoms with van der Waals surface area (Å²) in [6.07, 6.45) is -2.35. The first-order chi connectivity index (χ1) is 18.6. The van der Waals surface area contributed by atoms with Crippen molar-refractivity contribution in [1.29, 1.82) is 0 Å². The Hall–Kier alpha value is -3.14. The lowest BCUT2D eigenvalue weighted by atomic mass is 9.99. The number of carbonyl (C=O) groups excluding carboxylic acids is 2. The van der Waals surface area contributed by atoms with Gasteiger partial charge in [-0.15, -0.1) is 0 Å². The van der Waals surface area contributed by atoms with Crippen molar-refractivity contribution < 1.29 is 29.3 Å². The van der Waals surface area contributed by atoms with Gasteiger partial charge in [0.05, 0.1) is 24.3 Å². The minimum atomic E-state index is -0.962. The highest BCUT2D eigenvalue weighted by Crippen LogP contribution is 2.13. The van der Waals surface area contributed by atoms with Crippen molar-refractivity contribution in [1.82, 2.24) is 15.5 Å². The minimum absolute atomic E-state index is 0.162. The number of amides is 2. The van der Waals surface area contributed by atoms with Crippen molar-refractivity contribution in [2.45, 2.75) is 89.9 Å². The predicted octanol–water partition coefficient (Wildman–Crippen LogP) is 3.91. The Morgan fingerprint density at radius 1 is 0.700 bits per heavy atom. The number of hydrogen-bond acceptors (Lipinski definition) is 7. The molecule has 0 heterocycles. The van der Waals surface area contributed by atoms with Crippen molar-refractivity contribution in [3.63, 3.8) is 0 Å². The Morgan fingerprint density at radius 3 is 1.32 bits per heavy atom. The number of alkyl carbamates (subject to hydrolysis) is 2. The molecule has 0 aliphatic heterocycles. The van der Waals surface area contributed by atoms with Crippen LogP contribution in [0.3, 0.4) is 0 Å². The fourth-order valence-electron chi connectivity index (χ4n) is 4.19. The van der Waals surface area contributed by atoms with E-state index in [1.807, 2.05) is 60.7 Å². The summed E-state index contributed by atoms with van der Waals surface area (Å²) in [5.41, 5.74) is 0.550. The third-order valence-corrected chi connectivity index (χ3v) is 5.93. The van der Waals surface area contributed by atoms with Crippen molar-refractivity contribution in [3.8, 4) is 0 Å². The number of likely N-dealkylation sites (N-methyl/N-ethyl adjacent to an activating group) is 1. The average Bonchev–Trinajstić information content (AvgIpc) is 2.82. The number of hydrogen-bond donors (Lipinski definition) is 4. The molecule has 2 aromatic carbocycles. The molecule has 0 bridgehead atoms. The highest BCUT2D eigenvalue weighted by molar-refractivity contribution is 5.68. The van der Waals surface area contributed by atoms with E-state index in [0.717, 1.165) is 11.1 Å². The van der Waals surface area contributed by atoms with Crippen LogP contribution in [0.2, 0.25) is 0 Å². The first-order valence-electron chi connectivity index (χ1n) is 13.7. The molecule has 2 rings (SSSR count). The van der Waals surface area contributed by atoms with Gasteiger partial charge in [0.15, 0.2) is 0 Å². The first kappa shape index (κ1) is 33.1. The van der Waals surface area contributed by atoms with E-state index in [1.165, 1.54) is 0 Å². The van der Waals surface area contributed by atoms with Gasteiger partial charge >= 0.3 is 12.2 Å². The summed E-state index contributed by atoms with van der Waals surface area (Å²) in [5.74, 6) is 0. The first-order valence-corrected chi connectivity index (χ1v) is 13.7. The molecule has 0 aromatic heterocycles. The molecule has 1 unspecified atom stereocenters. The molecule has 4 atom stereocenters. The van der Waals surface area contributed by atoms with E-state index in [0.29, 0.717) is 12.8 Å². The van der Waals surface area contributed by atoms with Crippen LogP contribution in [0, 0.1) is 0 Å². The van der Waals surface area contributed by atoms with E-state index in [4.69, 9.17) is 9.47 Å². The quantitative estimate of drug-likeness (QED) is 0.312. The molecule has 0 aliphatic rings. The molecule has 2 amide bonds.